The first-order valence-corrected chi connectivity index (χ1v) is 9.05. The summed E-state index contributed by atoms with van der Waals surface area (Å²) in [4.78, 5) is 29.3. The maximum atomic E-state index is 12.0. The molecule has 1 aromatic carbocycles. The molecule has 0 bridgehead atoms. The highest BCUT2D eigenvalue weighted by Gasteiger charge is 2.16. The minimum Gasteiger partial charge on any atom is -0.440 e. The van der Waals surface area contributed by atoms with Gasteiger partial charge in [0, 0.05) is 10.0 Å². The van der Waals surface area contributed by atoms with Gasteiger partial charge >= 0.3 is 0 Å². The van der Waals surface area contributed by atoms with Crippen molar-refractivity contribution in [3.05, 3.63) is 63.3 Å². The van der Waals surface area contributed by atoms with Crippen LogP contribution in [-0.4, -0.2) is 16.8 Å². The minimum atomic E-state index is -0.392. The second-order valence-corrected chi connectivity index (χ2v) is 7.05. The van der Waals surface area contributed by atoms with E-state index < -0.39 is 5.91 Å². The molecule has 25 heavy (non-hydrogen) atoms. The largest absolute Gasteiger partial charge is 0.440 e. The van der Waals surface area contributed by atoms with E-state index in [-0.39, 0.29) is 12.3 Å². The summed E-state index contributed by atoms with van der Waals surface area (Å²) >= 11 is 4.81. The van der Waals surface area contributed by atoms with Crippen LogP contribution in [0.3, 0.4) is 0 Å². The van der Waals surface area contributed by atoms with Gasteiger partial charge in [0.05, 0.1) is 17.0 Å². The molecule has 0 saturated heterocycles. The Balaban J connectivity index is 1.58. The molecule has 8 heteroatoms. The first-order valence-electron chi connectivity index (χ1n) is 7.38. The number of thiophene rings is 1. The van der Waals surface area contributed by atoms with Crippen molar-refractivity contribution in [3.8, 4) is 10.8 Å². The van der Waals surface area contributed by atoms with Crippen LogP contribution in [0.25, 0.3) is 10.8 Å². The molecule has 0 unspecified atom stereocenters. The fourth-order valence-corrected chi connectivity index (χ4v) is 3.01. The average Bonchev–Trinajstić information content (AvgIpc) is 3.24. The van der Waals surface area contributed by atoms with Gasteiger partial charge in [0.15, 0.2) is 0 Å². The number of benzene rings is 1. The molecule has 2 heterocycles. The Morgan fingerprint density at radius 3 is 2.64 bits per heavy atom. The van der Waals surface area contributed by atoms with Gasteiger partial charge in [-0.2, -0.15) is 0 Å². The summed E-state index contributed by atoms with van der Waals surface area (Å²) < 4.78 is 6.46. The SMILES string of the molecule is Cc1oc(-c2cccs2)nc1CC(=O)NNC(=O)c1ccc(Br)cc1. The summed E-state index contributed by atoms with van der Waals surface area (Å²) in [6.07, 6.45) is 0.0152. The molecule has 6 nitrogen and oxygen atoms in total. The Kier molecular flexibility index (Phi) is 5.30. The molecule has 0 atom stereocenters. The molecule has 3 rings (SSSR count). The van der Waals surface area contributed by atoms with Crippen LogP contribution < -0.4 is 10.9 Å². The highest BCUT2D eigenvalue weighted by molar-refractivity contribution is 9.10. The molecule has 2 aromatic heterocycles. The zero-order valence-electron chi connectivity index (χ0n) is 13.2. The van der Waals surface area contributed by atoms with E-state index in [9.17, 15) is 9.59 Å². The molecule has 2 amide bonds. The van der Waals surface area contributed by atoms with Crippen molar-refractivity contribution in [1.82, 2.24) is 15.8 Å². The molecule has 0 radical (unpaired) electrons. The van der Waals surface area contributed by atoms with Crippen LogP contribution in [0.15, 0.2) is 50.7 Å². The van der Waals surface area contributed by atoms with E-state index in [2.05, 4.69) is 31.8 Å². The summed E-state index contributed by atoms with van der Waals surface area (Å²) in [6.45, 7) is 1.76. The smallest absolute Gasteiger partial charge is 0.269 e. The quantitative estimate of drug-likeness (QED) is 0.633. The van der Waals surface area contributed by atoms with Crippen molar-refractivity contribution < 1.29 is 14.0 Å². The predicted molar refractivity (Wildman–Crippen MR) is 98.0 cm³/mol. The number of hydrogen-bond donors (Lipinski definition) is 2. The Bertz CT molecular complexity index is 889. The molecule has 0 saturated carbocycles. The Labute approximate surface area is 156 Å². The first-order chi connectivity index (χ1) is 12.0. The number of hydrazine groups is 1. The lowest BCUT2D eigenvalue weighted by molar-refractivity contribution is -0.121. The fourth-order valence-electron chi connectivity index (χ4n) is 2.09. The number of rotatable bonds is 4. The zero-order chi connectivity index (χ0) is 17.8. The fraction of sp³-hybridized carbons (Fsp3) is 0.118. The molecule has 0 aliphatic rings. The standard InChI is InChI=1S/C17H14BrN3O3S/c1-10-13(19-17(24-10)14-3-2-8-25-14)9-15(22)20-21-16(23)11-4-6-12(18)7-5-11/h2-8H,9H2,1H3,(H,20,22)(H,21,23). The summed E-state index contributed by atoms with van der Waals surface area (Å²) in [6, 6.07) is 10.6. The van der Waals surface area contributed by atoms with Crippen molar-refractivity contribution in [3.63, 3.8) is 0 Å². The first kappa shape index (κ1) is 17.4. The topological polar surface area (TPSA) is 84.2 Å². The van der Waals surface area contributed by atoms with Crippen LogP contribution in [0.4, 0.5) is 0 Å². The molecule has 2 N–H and O–H groups in total. The number of nitrogens with one attached hydrogen (secondary N) is 2. The molecule has 128 valence electrons. The summed E-state index contributed by atoms with van der Waals surface area (Å²) in [5.74, 6) is 0.309. The summed E-state index contributed by atoms with van der Waals surface area (Å²) in [5.41, 5.74) is 5.75. The lowest BCUT2D eigenvalue weighted by atomic mass is 10.2. The highest BCUT2D eigenvalue weighted by atomic mass is 79.9. The molecule has 0 aliphatic carbocycles. The van der Waals surface area contributed by atoms with Crippen LogP contribution in [0.1, 0.15) is 21.8 Å². The molecular weight excluding hydrogens is 406 g/mol. The van der Waals surface area contributed by atoms with Crippen molar-refractivity contribution in [1.29, 1.82) is 0 Å². The number of nitrogens with zero attached hydrogens (tertiary/aromatic N) is 1. The van der Waals surface area contributed by atoms with Crippen LogP contribution in [0, 0.1) is 6.92 Å². The van der Waals surface area contributed by atoms with Gasteiger partial charge in [0.1, 0.15) is 5.76 Å². The van der Waals surface area contributed by atoms with E-state index >= 15 is 0 Å². The van der Waals surface area contributed by atoms with E-state index in [4.69, 9.17) is 4.42 Å². The number of carbonyl (C=O) groups excluding carboxylic acids is 2. The number of aryl methyl sites for hydroxylation is 1. The average molecular weight is 420 g/mol. The van der Waals surface area contributed by atoms with Gasteiger partial charge in [-0.1, -0.05) is 22.0 Å². The normalized spacial score (nSPS) is 10.5. The predicted octanol–water partition coefficient (Wildman–Crippen LogP) is 3.48. The third kappa shape index (κ3) is 4.34. The maximum Gasteiger partial charge on any atom is 0.269 e. The summed E-state index contributed by atoms with van der Waals surface area (Å²) in [7, 11) is 0. The van der Waals surface area contributed by atoms with Crippen molar-refractivity contribution in [2.45, 2.75) is 13.3 Å². The lowest BCUT2D eigenvalue weighted by Gasteiger charge is -2.06. The molecule has 3 aromatic rings. The molecule has 0 fully saturated rings. The van der Waals surface area contributed by atoms with Gasteiger partial charge in [-0.05, 0) is 42.6 Å². The van der Waals surface area contributed by atoms with Gasteiger partial charge < -0.3 is 4.42 Å². The Morgan fingerprint density at radius 2 is 1.96 bits per heavy atom. The van der Waals surface area contributed by atoms with Crippen LogP contribution >= 0.6 is 27.3 Å². The lowest BCUT2D eigenvalue weighted by Crippen LogP contribution is -2.42. The highest BCUT2D eigenvalue weighted by Crippen LogP contribution is 2.25. The van der Waals surface area contributed by atoms with Crippen LogP contribution in [-0.2, 0) is 11.2 Å². The number of aromatic nitrogens is 1. The van der Waals surface area contributed by atoms with Crippen molar-refractivity contribution in [2.75, 3.05) is 0 Å². The van der Waals surface area contributed by atoms with E-state index in [1.54, 1.807) is 31.2 Å². The van der Waals surface area contributed by atoms with E-state index in [1.807, 2.05) is 17.5 Å². The zero-order valence-corrected chi connectivity index (χ0v) is 15.6. The van der Waals surface area contributed by atoms with Crippen molar-refractivity contribution in [2.24, 2.45) is 0 Å². The van der Waals surface area contributed by atoms with Gasteiger partial charge in [-0.3, -0.25) is 20.4 Å². The van der Waals surface area contributed by atoms with Gasteiger partial charge in [0.25, 0.3) is 5.91 Å². The van der Waals surface area contributed by atoms with Gasteiger partial charge in [-0.25, -0.2) is 4.98 Å². The third-order valence-corrected chi connectivity index (χ3v) is 4.76. The molecular formula is C17H14BrN3O3S. The molecule has 0 aliphatic heterocycles. The number of halogens is 1. The molecule has 0 spiro atoms. The van der Waals surface area contributed by atoms with Gasteiger partial charge in [-0.15, -0.1) is 11.3 Å². The minimum absolute atomic E-state index is 0.0152. The maximum absolute atomic E-state index is 12.0. The van der Waals surface area contributed by atoms with Crippen molar-refractivity contribution >= 4 is 39.1 Å². The Hall–Kier alpha value is -2.45. The number of carbonyl (C=O) groups is 2. The van der Waals surface area contributed by atoms with E-state index in [0.717, 1.165) is 9.35 Å². The van der Waals surface area contributed by atoms with E-state index in [0.29, 0.717) is 22.9 Å². The third-order valence-electron chi connectivity index (χ3n) is 3.37. The number of oxazole rings is 1. The number of hydrogen-bond acceptors (Lipinski definition) is 5. The monoisotopic (exact) mass is 419 g/mol. The second kappa shape index (κ2) is 7.62. The Morgan fingerprint density at radius 1 is 1.20 bits per heavy atom. The van der Waals surface area contributed by atoms with E-state index in [1.165, 1.54) is 11.3 Å². The van der Waals surface area contributed by atoms with Crippen LogP contribution in [0.2, 0.25) is 0 Å². The van der Waals surface area contributed by atoms with Crippen LogP contribution in [0.5, 0.6) is 0 Å². The summed E-state index contributed by atoms with van der Waals surface area (Å²) in [5, 5.41) is 1.93. The second-order valence-electron chi connectivity index (χ2n) is 5.19. The number of amides is 2. The van der Waals surface area contributed by atoms with Gasteiger partial charge in [0.2, 0.25) is 11.8 Å².